The number of carbonyl (C=O) groups is 2. The minimum absolute atomic E-state index is 0.0547. The van der Waals surface area contributed by atoms with Crippen LogP contribution < -0.4 is 5.32 Å². The third kappa shape index (κ3) is 3.85. The summed E-state index contributed by atoms with van der Waals surface area (Å²) in [5.74, 6) is -1.23. The molecule has 0 fully saturated rings. The van der Waals surface area contributed by atoms with Gasteiger partial charge in [0.25, 0.3) is 5.91 Å². The van der Waals surface area contributed by atoms with Crippen LogP contribution in [0.4, 0.5) is 0 Å². The molecule has 1 aromatic carbocycles. The number of para-hydroxylation sites is 1. The van der Waals surface area contributed by atoms with Gasteiger partial charge in [0.05, 0.1) is 6.04 Å². The molecule has 6 heteroatoms. The van der Waals surface area contributed by atoms with E-state index in [2.05, 4.69) is 5.32 Å². The van der Waals surface area contributed by atoms with Gasteiger partial charge in [-0.2, -0.15) is 0 Å². The van der Waals surface area contributed by atoms with Crippen molar-refractivity contribution < 1.29 is 19.4 Å². The number of aromatic hydroxyl groups is 1. The van der Waals surface area contributed by atoms with E-state index in [1.807, 2.05) is 24.4 Å². The number of hydrogen-bond acceptors (Lipinski definition) is 5. The fourth-order valence-electron chi connectivity index (χ4n) is 1.92. The lowest BCUT2D eigenvalue weighted by molar-refractivity contribution is -0.124. The normalized spacial score (nSPS) is 11.7. The second-order valence-corrected chi connectivity index (χ2v) is 5.83. The molecule has 0 aliphatic rings. The van der Waals surface area contributed by atoms with Gasteiger partial charge in [-0.1, -0.05) is 18.2 Å². The highest BCUT2D eigenvalue weighted by atomic mass is 32.1. The molecule has 0 aliphatic carbocycles. The average Bonchev–Trinajstić information content (AvgIpc) is 3.02. The molecule has 1 aromatic heterocycles. The minimum atomic E-state index is -0.722. The third-order valence-electron chi connectivity index (χ3n) is 3.14. The van der Waals surface area contributed by atoms with Gasteiger partial charge >= 0.3 is 5.97 Å². The highest BCUT2D eigenvalue weighted by molar-refractivity contribution is 7.10. The highest BCUT2D eigenvalue weighted by Gasteiger charge is 2.16. The van der Waals surface area contributed by atoms with Gasteiger partial charge in [-0.05, 0) is 36.9 Å². The Hall–Kier alpha value is -2.34. The first kappa shape index (κ1) is 16.0. The van der Waals surface area contributed by atoms with E-state index in [0.29, 0.717) is 5.56 Å². The molecule has 22 heavy (non-hydrogen) atoms. The fourth-order valence-corrected chi connectivity index (χ4v) is 2.66. The molecule has 0 spiro atoms. The Bertz CT molecular complexity index is 667. The van der Waals surface area contributed by atoms with Crippen LogP contribution in [0.5, 0.6) is 5.75 Å². The number of aryl methyl sites for hydroxylation is 1. The molecule has 116 valence electrons. The van der Waals surface area contributed by atoms with E-state index in [4.69, 9.17) is 4.74 Å². The van der Waals surface area contributed by atoms with Crippen LogP contribution in [0.15, 0.2) is 35.7 Å². The number of benzene rings is 1. The van der Waals surface area contributed by atoms with Crippen molar-refractivity contribution in [2.75, 3.05) is 6.61 Å². The van der Waals surface area contributed by atoms with Gasteiger partial charge in [-0.3, -0.25) is 4.79 Å². The lowest BCUT2D eigenvalue weighted by atomic mass is 10.1. The van der Waals surface area contributed by atoms with Crippen LogP contribution >= 0.6 is 11.3 Å². The number of ether oxygens (including phenoxy) is 1. The second kappa shape index (κ2) is 7.09. The molecule has 0 saturated heterocycles. The summed E-state index contributed by atoms with van der Waals surface area (Å²) < 4.78 is 4.94. The molecular formula is C16H17NO4S. The Morgan fingerprint density at radius 2 is 2.09 bits per heavy atom. The predicted octanol–water partition coefficient (Wildman–Crippen LogP) is 2.80. The van der Waals surface area contributed by atoms with Crippen LogP contribution in [0.25, 0.3) is 0 Å². The molecule has 0 bridgehead atoms. The molecule has 2 rings (SSSR count). The summed E-state index contributed by atoms with van der Waals surface area (Å²) in [6, 6.07) is 8.47. The van der Waals surface area contributed by atoms with E-state index in [1.54, 1.807) is 30.4 Å². The Labute approximate surface area is 132 Å². The lowest BCUT2D eigenvalue weighted by Crippen LogP contribution is -2.30. The smallest absolute Gasteiger partial charge is 0.342 e. The third-order valence-corrected chi connectivity index (χ3v) is 4.19. The van der Waals surface area contributed by atoms with Crippen LogP contribution in [0.1, 0.15) is 33.8 Å². The monoisotopic (exact) mass is 319 g/mol. The summed E-state index contributed by atoms with van der Waals surface area (Å²) >= 11 is 1.54. The molecule has 0 radical (unpaired) electrons. The number of amides is 1. The molecule has 0 aliphatic heterocycles. The number of thiophene rings is 1. The molecule has 0 saturated carbocycles. The van der Waals surface area contributed by atoms with Gasteiger partial charge in [0.1, 0.15) is 11.3 Å². The summed E-state index contributed by atoms with van der Waals surface area (Å²) in [6.07, 6.45) is 0. The van der Waals surface area contributed by atoms with Gasteiger partial charge in [0.15, 0.2) is 6.61 Å². The maximum atomic E-state index is 11.9. The van der Waals surface area contributed by atoms with Gasteiger partial charge in [-0.25, -0.2) is 4.79 Å². The SMILES string of the molecule is Cc1cccc(C(=O)OCC(=O)NC(C)c2cccs2)c1O. The van der Waals surface area contributed by atoms with Crippen molar-refractivity contribution in [1.82, 2.24) is 5.32 Å². The van der Waals surface area contributed by atoms with E-state index in [-0.39, 0.29) is 29.9 Å². The summed E-state index contributed by atoms with van der Waals surface area (Å²) in [5.41, 5.74) is 0.629. The van der Waals surface area contributed by atoms with Crippen molar-refractivity contribution in [2.24, 2.45) is 0 Å². The van der Waals surface area contributed by atoms with Gasteiger partial charge in [-0.15, -0.1) is 11.3 Å². The zero-order chi connectivity index (χ0) is 16.1. The van der Waals surface area contributed by atoms with E-state index < -0.39 is 5.97 Å². The van der Waals surface area contributed by atoms with Gasteiger partial charge in [0.2, 0.25) is 0 Å². The number of esters is 1. The number of carbonyl (C=O) groups excluding carboxylic acids is 2. The predicted molar refractivity (Wildman–Crippen MR) is 84.0 cm³/mol. The Kier molecular flexibility index (Phi) is 5.16. The van der Waals surface area contributed by atoms with E-state index in [9.17, 15) is 14.7 Å². The van der Waals surface area contributed by atoms with Crippen molar-refractivity contribution in [1.29, 1.82) is 0 Å². The van der Waals surface area contributed by atoms with Crippen molar-refractivity contribution in [3.8, 4) is 5.75 Å². The maximum absolute atomic E-state index is 11.9. The van der Waals surface area contributed by atoms with Crippen LogP contribution in [-0.2, 0) is 9.53 Å². The first-order valence-corrected chi connectivity index (χ1v) is 7.65. The largest absolute Gasteiger partial charge is 0.507 e. The summed E-state index contributed by atoms with van der Waals surface area (Å²) in [4.78, 5) is 24.7. The Morgan fingerprint density at radius 1 is 1.32 bits per heavy atom. The summed E-state index contributed by atoms with van der Waals surface area (Å²) in [7, 11) is 0. The summed E-state index contributed by atoms with van der Waals surface area (Å²) in [6.45, 7) is 3.15. The fraction of sp³-hybridized carbons (Fsp3) is 0.250. The standard InChI is InChI=1S/C16H17NO4S/c1-10-5-3-6-12(15(10)19)16(20)21-9-14(18)17-11(2)13-7-4-8-22-13/h3-8,11,19H,9H2,1-2H3,(H,17,18). The Morgan fingerprint density at radius 3 is 2.77 bits per heavy atom. The second-order valence-electron chi connectivity index (χ2n) is 4.85. The molecule has 1 unspecified atom stereocenters. The van der Waals surface area contributed by atoms with Crippen LogP contribution in [-0.4, -0.2) is 23.6 Å². The molecule has 1 atom stereocenters. The van der Waals surface area contributed by atoms with Gasteiger partial charge in [0, 0.05) is 4.88 Å². The lowest BCUT2D eigenvalue weighted by Gasteiger charge is -2.12. The number of rotatable bonds is 5. The number of phenolic OH excluding ortho intramolecular Hbond substituents is 1. The maximum Gasteiger partial charge on any atom is 0.342 e. The molecule has 1 amide bonds. The van der Waals surface area contributed by atoms with Crippen molar-refractivity contribution in [2.45, 2.75) is 19.9 Å². The van der Waals surface area contributed by atoms with E-state index in [0.717, 1.165) is 4.88 Å². The average molecular weight is 319 g/mol. The van der Waals surface area contributed by atoms with Crippen molar-refractivity contribution in [3.05, 3.63) is 51.7 Å². The first-order valence-electron chi connectivity index (χ1n) is 6.77. The number of nitrogens with one attached hydrogen (secondary N) is 1. The molecule has 1 heterocycles. The molecule has 2 aromatic rings. The number of hydrogen-bond donors (Lipinski definition) is 2. The van der Waals surface area contributed by atoms with Crippen LogP contribution in [0.2, 0.25) is 0 Å². The molecule has 5 nitrogen and oxygen atoms in total. The first-order chi connectivity index (χ1) is 10.5. The van der Waals surface area contributed by atoms with E-state index in [1.165, 1.54) is 6.07 Å². The van der Waals surface area contributed by atoms with Crippen LogP contribution in [0.3, 0.4) is 0 Å². The topological polar surface area (TPSA) is 75.6 Å². The summed E-state index contributed by atoms with van der Waals surface area (Å²) in [5, 5.41) is 14.5. The van der Waals surface area contributed by atoms with Crippen LogP contribution in [0, 0.1) is 6.92 Å². The van der Waals surface area contributed by atoms with Gasteiger partial charge < -0.3 is 15.2 Å². The minimum Gasteiger partial charge on any atom is -0.507 e. The molecule has 2 N–H and O–H groups in total. The zero-order valence-corrected chi connectivity index (χ0v) is 13.1. The van der Waals surface area contributed by atoms with Crippen molar-refractivity contribution >= 4 is 23.2 Å². The quantitative estimate of drug-likeness (QED) is 0.831. The number of phenols is 1. The Balaban J connectivity index is 1.88. The molecular weight excluding hydrogens is 302 g/mol. The zero-order valence-electron chi connectivity index (χ0n) is 12.3. The van der Waals surface area contributed by atoms with Crippen molar-refractivity contribution in [3.63, 3.8) is 0 Å². The highest BCUT2D eigenvalue weighted by Crippen LogP contribution is 2.22. The van der Waals surface area contributed by atoms with E-state index >= 15 is 0 Å².